The Morgan fingerprint density at radius 3 is 2.00 bits per heavy atom. The lowest BCUT2D eigenvalue weighted by atomic mass is 10.2. The van der Waals surface area contributed by atoms with E-state index >= 15 is 0 Å². The van der Waals surface area contributed by atoms with E-state index in [1.165, 1.54) is 0 Å². The molecule has 0 aliphatic rings. The Morgan fingerprint density at radius 1 is 0.710 bits per heavy atom. The number of rotatable bonds is 5. The number of hydrogen-bond acceptors (Lipinski definition) is 3. The zero-order chi connectivity index (χ0) is 21.8. The van der Waals surface area contributed by atoms with Gasteiger partial charge in [-0.15, -0.1) is 0 Å². The number of halogens is 2. The molecule has 2 N–H and O–H groups in total. The third-order valence-corrected chi connectivity index (χ3v) is 5.01. The Hall–Kier alpha value is -3.54. The minimum atomic E-state index is -0.405. The molecule has 4 aromatic rings. The van der Waals surface area contributed by atoms with Crippen LogP contribution in [0.1, 0.15) is 20.9 Å². The van der Waals surface area contributed by atoms with Gasteiger partial charge < -0.3 is 15.1 Å². The van der Waals surface area contributed by atoms with E-state index in [1.807, 2.05) is 6.07 Å². The highest BCUT2D eigenvalue weighted by Gasteiger charge is 2.15. The van der Waals surface area contributed by atoms with Crippen molar-refractivity contribution >= 4 is 46.4 Å². The highest BCUT2D eigenvalue weighted by molar-refractivity contribution is 6.36. The molecule has 0 saturated heterocycles. The molecule has 0 spiro atoms. The zero-order valence-electron chi connectivity index (χ0n) is 16.1. The maximum absolute atomic E-state index is 12.5. The van der Waals surface area contributed by atoms with Crippen LogP contribution in [0.15, 0.2) is 89.3 Å². The van der Waals surface area contributed by atoms with Gasteiger partial charge in [-0.05, 0) is 66.7 Å². The Kier molecular flexibility index (Phi) is 6.07. The van der Waals surface area contributed by atoms with Crippen molar-refractivity contribution in [1.29, 1.82) is 0 Å². The van der Waals surface area contributed by atoms with E-state index in [1.54, 1.807) is 78.9 Å². The predicted molar refractivity (Wildman–Crippen MR) is 123 cm³/mol. The van der Waals surface area contributed by atoms with Gasteiger partial charge in [0.1, 0.15) is 5.76 Å². The molecule has 0 bridgehead atoms. The molecule has 1 heterocycles. The summed E-state index contributed by atoms with van der Waals surface area (Å²) in [6.07, 6.45) is 0. The number of nitrogens with one attached hydrogen (secondary N) is 2. The molecule has 0 aliphatic heterocycles. The van der Waals surface area contributed by atoms with Crippen LogP contribution in [0.4, 0.5) is 11.4 Å². The van der Waals surface area contributed by atoms with Gasteiger partial charge >= 0.3 is 0 Å². The van der Waals surface area contributed by atoms with Gasteiger partial charge in [-0.1, -0.05) is 41.4 Å². The second-order valence-electron chi connectivity index (χ2n) is 6.64. The molecule has 31 heavy (non-hydrogen) atoms. The SMILES string of the molecule is O=C(Nc1ccc(NC(=O)c2ccc(-c3ccc(Cl)cc3Cl)o2)cc1)c1ccccc1. The Labute approximate surface area is 188 Å². The summed E-state index contributed by atoms with van der Waals surface area (Å²) in [7, 11) is 0. The van der Waals surface area contributed by atoms with E-state index < -0.39 is 5.91 Å². The molecule has 4 rings (SSSR count). The van der Waals surface area contributed by atoms with Gasteiger partial charge in [-0.2, -0.15) is 0 Å². The van der Waals surface area contributed by atoms with Gasteiger partial charge in [-0.25, -0.2) is 0 Å². The largest absolute Gasteiger partial charge is 0.451 e. The number of anilines is 2. The standard InChI is InChI=1S/C24H16Cl2N2O3/c25-16-6-11-19(20(26)14-16)21-12-13-22(31-21)24(30)28-18-9-7-17(8-10-18)27-23(29)15-4-2-1-3-5-15/h1-14H,(H,27,29)(H,28,30). The highest BCUT2D eigenvalue weighted by atomic mass is 35.5. The number of benzene rings is 3. The molecule has 1 aromatic heterocycles. The van der Waals surface area contributed by atoms with Gasteiger partial charge in [0.25, 0.3) is 11.8 Å². The summed E-state index contributed by atoms with van der Waals surface area (Å²) in [5.74, 6) is -0.00738. The number of carbonyl (C=O) groups is 2. The smallest absolute Gasteiger partial charge is 0.291 e. The lowest BCUT2D eigenvalue weighted by Gasteiger charge is -2.07. The molecular weight excluding hydrogens is 435 g/mol. The van der Waals surface area contributed by atoms with Gasteiger partial charge in [0.15, 0.2) is 5.76 Å². The van der Waals surface area contributed by atoms with Crippen molar-refractivity contribution in [3.8, 4) is 11.3 Å². The van der Waals surface area contributed by atoms with Crippen LogP contribution in [0.5, 0.6) is 0 Å². The predicted octanol–water partition coefficient (Wildman–Crippen LogP) is 6.76. The van der Waals surface area contributed by atoms with Crippen LogP contribution in [0.2, 0.25) is 10.0 Å². The van der Waals surface area contributed by atoms with Gasteiger partial charge in [-0.3, -0.25) is 9.59 Å². The van der Waals surface area contributed by atoms with Crippen LogP contribution in [0, 0.1) is 0 Å². The number of amides is 2. The van der Waals surface area contributed by atoms with Gasteiger partial charge in [0, 0.05) is 27.5 Å². The van der Waals surface area contributed by atoms with Crippen LogP contribution in [-0.4, -0.2) is 11.8 Å². The molecule has 2 amide bonds. The van der Waals surface area contributed by atoms with Crippen molar-refractivity contribution in [2.24, 2.45) is 0 Å². The number of furan rings is 1. The van der Waals surface area contributed by atoms with Gasteiger partial charge in [0.2, 0.25) is 0 Å². The fraction of sp³-hybridized carbons (Fsp3) is 0. The minimum Gasteiger partial charge on any atom is -0.451 e. The van der Waals surface area contributed by atoms with E-state index in [9.17, 15) is 9.59 Å². The summed E-state index contributed by atoms with van der Waals surface area (Å²) < 4.78 is 5.65. The van der Waals surface area contributed by atoms with Gasteiger partial charge in [0.05, 0.1) is 5.02 Å². The normalized spacial score (nSPS) is 10.5. The first-order valence-electron chi connectivity index (χ1n) is 9.33. The molecule has 0 aliphatic carbocycles. The lowest BCUT2D eigenvalue weighted by molar-refractivity contribution is 0.0995. The van der Waals surface area contributed by atoms with Crippen LogP contribution in [0.25, 0.3) is 11.3 Å². The summed E-state index contributed by atoms with van der Waals surface area (Å²) in [6, 6.07) is 24.0. The molecule has 0 atom stereocenters. The Morgan fingerprint density at radius 2 is 1.35 bits per heavy atom. The average Bonchev–Trinajstić information content (AvgIpc) is 3.26. The number of carbonyl (C=O) groups excluding carboxylic acids is 2. The number of hydrogen-bond donors (Lipinski definition) is 2. The van der Waals surface area contributed by atoms with E-state index in [0.717, 1.165) is 0 Å². The third kappa shape index (κ3) is 4.97. The zero-order valence-corrected chi connectivity index (χ0v) is 17.6. The van der Waals surface area contributed by atoms with Crippen molar-refractivity contribution < 1.29 is 14.0 Å². The first-order valence-corrected chi connectivity index (χ1v) is 10.1. The van der Waals surface area contributed by atoms with Crippen molar-refractivity contribution in [2.75, 3.05) is 10.6 Å². The average molecular weight is 451 g/mol. The fourth-order valence-electron chi connectivity index (χ4n) is 2.92. The summed E-state index contributed by atoms with van der Waals surface area (Å²) in [4.78, 5) is 24.7. The first-order chi connectivity index (χ1) is 15.0. The second-order valence-corrected chi connectivity index (χ2v) is 7.48. The minimum absolute atomic E-state index is 0.141. The Bertz CT molecular complexity index is 1240. The molecule has 0 unspecified atom stereocenters. The van der Waals surface area contributed by atoms with Crippen molar-refractivity contribution in [1.82, 2.24) is 0 Å². The van der Waals surface area contributed by atoms with Crippen LogP contribution < -0.4 is 10.6 Å². The molecule has 5 nitrogen and oxygen atoms in total. The molecule has 154 valence electrons. The van der Waals surface area contributed by atoms with E-state index in [-0.39, 0.29) is 11.7 Å². The van der Waals surface area contributed by atoms with E-state index in [4.69, 9.17) is 27.6 Å². The summed E-state index contributed by atoms with van der Waals surface area (Å²) in [6.45, 7) is 0. The molecule has 0 radical (unpaired) electrons. The molecular formula is C24H16Cl2N2O3. The monoisotopic (exact) mass is 450 g/mol. The van der Waals surface area contributed by atoms with Crippen LogP contribution in [0.3, 0.4) is 0 Å². The molecule has 3 aromatic carbocycles. The van der Waals surface area contributed by atoms with E-state index in [2.05, 4.69) is 10.6 Å². The van der Waals surface area contributed by atoms with Crippen molar-refractivity contribution in [2.45, 2.75) is 0 Å². The summed E-state index contributed by atoms with van der Waals surface area (Å²) >= 11 is 12.1. The van der Waals surface area contributed by atoms with E-state index in [0.29, 0.717) is 38.3 Å². The summed E-state index contributed by atoms with van der Waals surface area (Å²) in [5.41, 5.74) is 2.38. The molecule has 0 saturated carbocycles. The van der Waals surface area contributed by atoms with Crippen LogP contribution in [-0.2, 0) is 0 Å². The third-order valence-electron chi connectivity index (χ3n) is 4.46. The maximum atomic E-state index is 12.5. The highest BCUT2D eigenvalue weighted by Crippen LogP contribution is 2.31. The topological polar surface area (TPSA) is 71.3 Å². The van der Waals surface area contributed by atoms with Crippen LogP contribution >= 0.6 is 23.2 Å². The summed E-state index contributed by atoms with van der Waals surface area (Å²) in [5, 5.41) is 6.52. The Balaban J connectivity index is 1.41. The molecule has 7 heteroatoms. The van der Waals surface area contributed by atoms with Crippen molar-refractivity contribution in [3.05, 3.63) is 106 Å². The fourth-order valence-corrected chi connectivity index (χ4v) is 3.42. The maximum Gasteiger partial charge on any atom is 0.291 e. The molecule has 0 fully saturated rings. The lowest BCUT2D eigenvalue weighted by Crippen LogP contribution is -2.12. The first kappa shape index (κ1) is 20.7. The second kappa shape index (κ2) is 9.08. The quantitative estimate of drug-likeness (QED) is 0.352. The van der Waals surface area contributed by atoms with Crippen molar-refractivity contribution in [3.63, 3.8) is 0 Å².